The molecule has 1 amide bonds. The molecule has 1 aromatic rings. The van der Waals surface area contributed by atoms with Gasteiger partial charge >= 0.3 is 5.97 Å². The lowest BCUT2D eigenvalue weighted by molar-refractivity contribution is -0.144. The van der Waals surface area contributed by atoms with Crippen LogP contribution in [0.25, 0.3) is 0 Å². The van der Waals surface area contributed by atoms with Crippen LogP contribution in [0, 0.1) is 0 Å². The van der Waals surface area contributed by atoms with Gasteiger partial charge in [0, 0.05) is 11.6 Å². The van der Waals surface area contributed by atoms with E-state index in [9.17, 15) is 14.7 Å². The Bertz CT molecular complexity index is 502. The molecule has 0 aliphatic carbocycles. The first-order valence-corrected chi connectivity index (χ1v) is 6.69. The highest BCUT2D eigenvalue weighted by Crippen LogP contribution is 2.24. The molecule has 0 aliphatic rings. The van der Waals surface area contributed by atoms with Gasteiger partial charge in [-0.1, -0.05) is 11.6 Å². The Kier molecular flexibility index (Phi) is 5.82. The van der Waals surface area contributed by atoms with Crippen LogP contribution in [0.2, 0.25) is 5.02 Å². The molecule has 0 spiro atoms. The van der Waals surface area contributed by atoms with Gasteiger partial charge in [0.15, 0.2) is 0 Å². The van der Waals surface area contributed by atoms with Crippen molar-refractivity contribution < 1.29 is 19.4 Å². The molecule has 0 fully saturated rings. The van der Waals surface area contributed by atoms with Crippen molar-refractivity contribution in [2.45, 2.75) is 26.8 Å². The number of carbonyl (C=O) groups excluding carboxylic acids is 2. The van der Waals surface area contributed by atoms with E-state index in [0.717, 1.165) is 0 Å². The molecule has 0 saturated carbocycles. The molecule has 1 N–H and O–H groups in total. The second-order valence-corrected chi connectivity index (χ2v) is 4.91. The smallest absolute Gasteiger partial charge is 0.325 e. The van der Waals surface area contributed by atoms with E-state index in [4.69, 9.17) is 16.3 Å². The minimum Gasteiger partial charge on any atom is -0.506 e. The second-order valence-electron chi connectivity index (χ2n) is 4.50. The first kappa shape index (κ1) is 16.3. The molecule has 0 aromatic heterocycles. The third kappa shape index (κ3) is 4.13. The molecule has 0 aliphatic heterocycles. The van der Waals surface area contributed by atoms with Crippen molar-refractivity contribution in [1.29, 1.82) is 0 Å². The summed E-state index contributed by atoms with van der Waals surface area (Å²) in [5.74, 6) is -0.890. The number of halogens is 1. The molecule has 0 radical (unpaired) electrons. The van der Waals surface area contributed by atoms with Crippen molar-refractivity contribution in [2.75, 3.05) is 13.2 Å². The summed E-state index contributed by atoms with van der Waals surface area (Å²) in [7, 11) is 0. The van der Waals surface area contributed by atoms with Gasteiger partial charge in [-0.3, -0.25) is 9.59 Å². The Balaban J connectivity index is 2.93. The normalized spacial score (nSPS) is 10.4. The van der Waals surface area contributed by atoms with Gasteiger partial charge in [-0.25, -0.2) is 0 Å². The van der Waals surface area contributed by atoms with Gasteiger partial charge in [-0.2, -0.15) is 0 Å². The molecule has 1 aromatic carbocycles. The summed E-state index contributed by atoms with van der Waals surface area (Å²) in [4.78, 5) is 25.3. The Morgan fingerprint density at radius 2 is 2.05 bits per heavy atom. The van der Waals surface area contributed by atoms with Gasteiger partial charge in [0.2, 0.25) is 0 Å². The van der Waals surface area contributed by atoms with Gasteiger partial charge in [0.05, 0.1) is 11.6 Å². The van der Waals surface area contributed by atoms with Crippen molar-refractivity contribution in [3.63, 3.8) is 0 Å². The highest BCUT2D eigenvalue weighted by Gasteiger charge is 2.22. The maximum Gasteiger partial charge on any atom is 0.325 e. The first-order chi connectivity index (χ1) is 9.36. The Morgan fingerprint density at radius 1 is 1.40 bits per heavy atom. The third-order valence-corrected chi connectivity index (χ3v) is 2.99. The molecular weight excluding hydrogens is 282 g/mol. The lowest BCUT2D eigenvalue weighted by atomic mass is 10.1. The van der Waals surface area contributed by atoms with E-state index in [2.05, 4.69) is 0 Å². The molecule has 20 heavy (non-hydrogen) atoms. The number of nitrogens with zero attached hydrogens (tertiary/aromatic N) is 1. The number of aromatic hydroxyl groups is 1. The minimum absolute atomic E-state index is 0.0929. The van der Waals surface area contributed by atoms with E-state index in [1.165, 1.54) is 23.1 Å². The van der Waals surface area contributed by atoms with Gasteiger partial charge in [-0.05, 0) is 39.0 Å². The summed E-state index contributed by atoms with van der Waals surface area (Å²) >= 11 is 5.79. The maximum absolute atomic E-state index is 12.4. The molecule has 0 atom stereocenters. The van der Waals surface area contributed by atoms with E-state index < -0.39 is 5.97 Å². The molecule has 0 bridgehead atoms. The fraction of sp³-hybridized carbons (Fsp3) is 0.429. The number of phenols is 1. The molecule has 0 heterocycles. The van der Waals surface area contributed by atoms with E-state index in [0.29, 0.717) is 5.56 Å². The third-order valence-electron chi connectivity index (χ3n) is 2.68. The highest BCUT2D eigenvalue weighted by molar-refractivity contribution is 6.32. The predicted octanol–water partition coefficient (Wildman–Crippen LogP) is 2.46. The standard InChI is InChI=1S/C14H18ClNO4/c1-4-20-13(18)8-16(9(2)3)14(19)10-5-6-12(17)11(15)7-10/h5-7,9,17H,4,8H2,1-3H3. The van der Waals surface area contributed by atoms with Crippen molar-refractivity contribution in [3.8, 4) is 5.75 Å². The molecular formula is C14H18ClNO4. The topological polar surface area (TPSA) is 66.8 Å². The number of amides is 1. The summed E-state index contributed by atoms with van der Waals surface area (Å²) in [6.45, 7) is 5.46. The minimum atomic E-state index is -0.459. The van der Waals surface area contributed by atoms with E-state index in [1.807, 2.05) is 0 Å². The first-order valence-electron chi connectivity index (χ1n) is 6.32. The molecule has 110 valence electrons. The van der Waals surface area contributed by atoms with Crippen LogP contribution in [0.15, 0.2) is 18.2 Å². The predicted molar refractivity (Wildman–Crippen MR) is 75.9 cm³/mol. The summed E-state index contributed by atoms with van der Waals surface area (Å²) in [5, 5.41) is 9.45. The van der Waals surface area contributed by atoms with E-state index >= 15 is 0 Å². The van der Waals surface area contributed by atoms with Crippen LogP contribution in [0.5, 0.6) is 5.75 Å². The Hall–Kier alpha value is -1.75. The monoisotopic (exact) mass is 299 g/mol. The van der Waals surface area contributed by atoms with Gasteiger partial charge in [0.1, 0.15) is 12.3 Å². The molecule has 5 nitrogen and oxygen atoms in total. The van der Waals surface area contributed by atoms with Gasteiger partial charge in [-0.15, -0.1) is 0 Å². The Morgan fingerprint density at radius 3 is 2.55 bits per heavy atom. The number of benzene rings is 1. The van der Waals surface area contributed by atoms with E-state index in [-0.39, 0.29) is 35.9 Å². The molecule has 6 heteroatoms. The number of rotatable bonds is 5. The van der Waals surface area contributed by atoms with Crippen molar-refractivity contribution in [1.82, 2.24) is 4.90 Å². The summed E-state index contributed by atoms with van der Waals surface area (Å²) in [6.07, 6.45) is 0. The quantitative estimate of drug-likeness (QED) is 0.848. The molecule has 0 saturated heterocycles. The van der Waals surface area contributed by atoms with Gasteiger partial charge < -0.3 is 14.7 Å². The lowest BCUT2D eigenvalue weighted by Gasteiger charge is -2.25. The fourth-order valence-electron chi connectivity index (χ4n) is 1.64. The van der Waals surface area contributed by atoms with Crippen LogP contribution in [0.3, 0.4) is 0 Å². The summed E-state index contributed by atoms with van der Waals surface area (Å²) in [6, 6.07) is 4.02. The number of phenolic OH excluding ortho intramolecular Hbond substituents is 1. The summed E-state index contributed by atoms with van der Waals surface area (Å²) < 4.78 is 4.85. The largest absolute Gasteiger partial charge is 0.506 e. The van der Waals surface area contributed by atoms with Gasteiger partial charge in [0.25, 0.3) is 5.91 Å². The van der Waals surface area contributed by atoms with E-state index in [1.54, 1.807) is 20.8 Å². The van der Waals surface area contributed by atoms with Crippen LogP contribution in [-0.4, -0.2) is 41.1 Å². The average Bonchev–Trinajstić information content (AvgIpc) is 2.38. The molecule has 0 unspecified atom stereocenters. The zero-order chi connectivity index (χ0) is 15.3. The van der Waals surface area contributed by atoms with Crippen LogP contribution in [0.1, 0.15) is 31.1 Å². The summed E-state index contributed by atoms with van der Waals surface area (Å²) in [5.41, 5.74) is 0.311. The number of esters is 1. The lowest BCUT2D eigenvalue weighted by Crippen LogP contribution is -2.41. The zero-order valence-corrected chi connectivity index (χ0v) is 12.5. The zero-order valence-electron chi connectivity index (χ0n) is 11.7. The number of carbonyl (C=O) groups is 2. The van der Waals surface area contributed by atoms with Crippen molar-refractivity contribution in [2.24, 2.45) is 0 Å². The number of ether oxygens (including phenoxy) is 1. The maximum atomic E-state index is 12.4. The average molecular weight is 300 g/mol. The van der Waals surface area contributed by atoms with Crippen molar-refractivity contribution in [3.05, 3.63) is 28.8 Å². The second kappa shape index (κ2) is 7.14. The van der Waals surface area contributed by atoms with Crippen LogP contribution >= 0.6 is 11.6 Å². The SMILES string of the molecule is CCOC(=O)CN(C(=O)c1ccc(O)c(Cl)c1)C(C)C. The van der Waals surface area contributed by atoms with Crippen LogP contribution in [0.4, 0.5) is 0 Å². The number of hydrogen-bond acceptors (Lipinski definition) is 4. The Labute approximate surface area is 123 Å². The fourth-order valence-corrected chi connectivity index (χ4v) is 1.82. The van der Waals surface area contributed by atoms with Crippen LogP contribution < -0.4 is 0 Å². The van der Waals surface area contributed by atoms with Crippen molar-refractivity contribution >= 4 is 23.5 Å². The molecule has 1 rings (SSSR count). The number of hydrogen-bond donors (Lipinski definition) is 1. The highest BCUT2D eigenvalue weighted by atomic mass is 35.5. The van der Waals surface area contributed by atoms with Crippen LogP contribution in [-0.2, 0) is 9.53 Å².